The summed E-state index contributed by atoms with van der Waals surface area (Å²) in [5, 5.41) is 0. The van der Waals surface area contributed by atoms with Gasteiger partial charge in [-0.3, -0.25) is 14.5 Å². The monoisotopic (exact) mass is 357 g/mol. The van der Waals surface area contributed by atoms with Gasteiger partial charge in [0.1, 0.15) is 11.9 Å². The van der Waals surface area contributed by atoms with Gasteiger partial charge in [0.25, 0.3) is 0 Å². The van der Waals surface area contributed by atoms with Crippen LogP contribution in [0.15, 0.2) is 0 Å². The summed E-state index contributed by atoms with van der Waals surface area (Å²) < 4.78 is 15.3. The van der Waals surface area contributed by atoms with Crippen LogP contribution in [0.25, 0.3) is 0 Å². The second kappa shape index (κ2) is 7.95. The number of ether oxygens (including phenoxy) is 3. The lowest BCUT2D eigenvalue weighted by Crippen LogP contribution is -2.48. The lowest BCUT2D eigenvalue weighted by Gasteiger charge is -2.29. The first-order chi connectivity index (χ1) is 11.4. The number of hydrogen-bond donors (Lipinski definition) is 0. The third-order valence-corrected chi connectivity index (χ3v) is 3.74. The molecule has 1 saturated heterocycles. The standard InChI is InChI=1S/C17H27NO7/c1-16(2,3)25-15(22)18-9-7-8-12(18)13(20)11(10-19)14(21)24-17(4,5)23-6/h10-12H,7-9H2,1-6H3. The molecule has 2 unspecified atom stereocenters. The van der Waals surface area contributed by atoms with Crippen molar-refractivity contribution in [2.45, 2.75) is 64.9 Å². The first-order valence-electron chi connectivity index (χ1n) is 8.18. The number of nitrogens with zero attached hydrogens (tertiary/aromatic N) is 1. The molecule has 1 fully saturated rings. The Hall–Kier alpha value is -1.96. The number of hydrogen-bond acceptors (Lipinski definition) is 7. The zero-order chi connectivity index (χ0) is 19.4. The maximum atomic E-state index is 12.7. The summed E-state index contributed by atoms with van der Waals surface area (Å²) in [6.45, 7) is 8.46. The molecule has 8 nitrogen and oxygen atoms in total. The van der Waals surface area contributed by atoms with E-state index in [0.717, 1.165) is 0 Å². The van der Waals surface area contributed by atoms with Crippen LogP contribution in [0, 0.1) is 5.92 Å². The fourth-order valence-corrected chi connectivity index (χ4v) is 2.40. The molecule has 0 aromatic heterocycles. The highest BCUT2D eigenvalue weighted by Gasteiger charge is 2.43. The highest BCUT2D eigenvalue weighted by atomic mass is 16.7. The summed E-state index contributed by atoms with van der Waals surface area (Å²) >= 11 is 0. The van der Waals surface area contributed by atoms with Crippen LogP contribution in [0.4, 0.5) is 4.79 Å². The van der Waals surface area contributed by atoms with Gasteiger partial charge >= 0.3 is 12.1 Å². The van der Waals surface area contributed by atoms with Gasteiger partial charge < -0.3 is 19.0 Å². The van der Waals surface area contributed by atoms with Crippen LogP contribution < -0.4 is 0 Å². The Balaban J connectivity index is 2.89. The van der Waals surface area contributed by atoms with Crippen molar-refractivity contribution in [1.82, 2.24) is 4.90 Å². The lowest BCUT2D eigenvalue weighted by molar-refractivity contribution is -0.208. The molecule has 0 aliphatic carbocycles. The summed E-state index contributed by atoms with van der Waals surface area (Å²) in [7, 11) is 1.34. The molecular weight excluding hydrogens is 330 g/mol. The van der Waals surface area contributed by atoms with Crippen LogP contribution in [-0.2, 0) is 28.6 Å². The molecule has 8 heteroatoms. The minimum absolute atomic E-state index is 0.238. The van der Waals surface area contributed by atoms with Gasteiger partial charge in [0.05, 0.1) is 6.04 Å². The van der Waals surface area contributed by atoms with Crippen LogP contribution in [0.2, 0.25) is 0 Å². The molecule has 0 saturated carbocycles. The molecule has 2 atom stereocenters. The number of Topliss-reactive ketones (excluding diaryl/α,β-unsaturated/α-hetero) is 1. The average Bonchev–Trinajstić information content (AvgIpc) is 2.95. The zero-order valence-corrected chi connectivity index (χ0v) is 15.7. The minimum atomic E-state index is -1.61. The number of carbonyl (C=O) groups excluding carboxylic acids is 4. The molecule has 1 heterocycles. The van der Waals surface area contributed by atoms with E-state index < -0.39 is 41.2 Å². The van der Waals surface area contributed by atoms with Gasteiger partial charge in [-0.2, -0.15) is 0 Å². The third-order valence-electron chi connectivity index (χ3n) is 3.74. The quantitative estimate of drug-likeness (QED) is 0.309. The Morgan fingerprint density at radius 2 is 1.72 bits per heavy atom. The molecule has 0 spiro atoms. The molecule has 142 valence electrons. The Labute approximate surface area is 147 Å². The predicted molar refractivity (Wildman–Crippen MR) is 87.7 cm³/mol. The molecule has 0 bridgehead atoms. The van der Waals surface area contributed by atoms with Crippen LogP contribution in [0.3, 0.4) is 0 Å². The first kappa shape index (κ1) is 21.1. The fraction of sp³-hybridized carbons (Fsp3) is 0.765. The highest BCUT2D eigenvalue weighted by Crippen LogP contribution is 2.24. The average molecular weight is 357 g/mol. The van der Waals surface area contributed by atoms with Crippen molar-refractivity contribution in [2.75, 3.05) is 13.7 Å². The Morgan fingerprint density at radius 3 is 2.20 bits per heavy atom. The molecule has 0 N–H and O–H groups in total. The topological polar surface area (TPSA) is 99.2 Å². The van der Waals surface area contributed by atoms with Crippen LogP contribution in [-0.4, -0.2) is 60.1 Å². The van der Waals surface area contributed by atoms with Gasteiger partial charge in [-0.25, -0.2) is 4.79 Å². The molecule has 1 amide bonds. The number of methoxy groups -OCH3 is 1. The highest BCUT2D eigenvalue weighted by molar-refractivity contribution is 6.13. The molecule has 0 radical (unpaired) electrons. The molecular formula is C17H27NO7. The van der Waals surface area contributed by atoms with Crippen molar-refractivity contribution in [2.24, 2.45) is 5.92 Å². The van der Waals surface area contributed by atoms with E-state index in [1.807, 2.05) is 0 Å². The predicted octanol–water partition coefficient (Wildman–Crippen LogP) is 1.70. The number of carbonyl (C=O) groups is 4. The van der Waals surface area contributed by atoms with Crippen LogP contribution >= 0.6 is 0 Å². The van der Waals surface area contributed by atoms with E-state index in [0.29, 0.717) is 19.4 Å². The summed E-state index contributed by atoms with van der Waals surface area (Å²) in [6, 6.07) is -0.886. The Bertz CT molecular complexity index is 536. The summed E-state index contributed by atoms with van der Waals surface area (Å²) in [5.74, 6) is -4.54. The number of amides is 1. The van der Waals surface area contributed by atoms with Gasteiger partial charge in [-0.05, 0) is 33.6 Å². The van der Waals surface area contributed by atoms with E-state index in [2.05, 4.69) is 0 Å². The maximum Gasteiger partial charge on any atom is 0.410 e. The maximum absolute atomic E-state index is 12.7. The second-order valence-corrected chi connectivity index (χ2v) is 7.37. The van der Waals surface area contributed by atoms with Gasteiger partial charge in [0, 0.05) is 27.5 Å². The summed E-state index contributed by atoms with van der Waals surface area (Å²) in [6.07, 6.45) is 0.546. The molecule has 1 rings (SSSR count). The number of aldehydes is 1. The van der Waals surface area contributed by atoms with E-state index >= 15 is 0 Å². The third kappa shape index (κ3) is 5.81. The van der Waals surface area contributed by atoms with Crippen molar-refractivity contribution in [1.29, 1.82) is 0 Å². The summed E-state index contributed by atoms with van der Waals surface area (Å²) in [4.78, 5) is 49.7. The smallest absolute Gasteiger partial charge is 0.410 e. The largest absolute Gasteiger partial charge is 0.444 e. The van der Waals surface area contributed by atoms with Crippen molar-refractivity contribution >= 4 is 24.1 Å². The van der Waals surface area contributed by atoms with Crippen LogP contribution in [0.5, 0.6) is 0 Å². The van der Waals surface area contributed by atoms with Gasteiger partial charge in [-0.15, -0.1) is 0 Å². The van der Waals surface area contributed by atoms with Gasteiger partial charge in [0.2, 0.25) is 5.79 Å². The molecule has 0 aromatic rings. The van der Waals surface area contributed by atoms with E-state index in [4.69, 9.17) is 14.2 Å². The van der Waals surface area contributed by atoms with Crippen molar-refractivity contribution in [3.05, 3.63) is 0 Å². The molecule has 25 heavy (non-hydrogen) atoms. The van der Waals surface area contributed by atoms with Gasteiger partial charge in [0.15, 0.2) is 11.7 Å². The number of likely N-dealkylation sites (tertiary alicyclic amines) is 1. The minimum Gasteiger partial charge on any atom is -0.444 e. The van der Waals surface area contributed by atoms with E-state index in [-0.39, 0.29) is 6.29 Å². The molecule has 1 aliphatic heterocycles. The van der Waals surface area contributed by atoms with E-state index in [9.17, 15) is 19.2 Å². The lowest BCUT2D eigenvalue weighted by atomic mass is 9.97. The Kier molecular flexibility index (Phi) is 6.70. The van der Waals surface area contributed by atoms with Gasteiger partial charge in [-0.1, -0.05) is 0 Å². The normalized spacial score (nSPS) is 19.3. The molecule has 1 aliphatic rings. The number of rotatable bonds is 6. The SMILES string of the molecule is COC(C)(C)OC(=O)C(C=O)C(=O)C1CCCN1C(=O)OC(C)(C)C. The Morgan fingerprint density at radius 1 is 1.12 bits per heavy atom. The fourth-order valence-electron chi connectivity index (χ4n) is 2.40. The second-order valence-electron chi connectivity index (χ2n) is 7.37. The first-order valence-corrected chi connectivity index (χ1v) is 8.18. The zero-order valence-electron chi connectivity index (χ0n) is 15.7. The van der Waals surface area contributed by atoms with Crippen molar-refractivity contribution in [3.8, 4) is 0 Å². The van der Waals surface area contributed by atoms with E-state index in [1.165, 1.54) is 25.9 Å². The molecule has 0 aromatic carbocycles. The number of esters is 1. The summed E-state index contributed by atoms with van der Waals surface area (Å²) in [5.41, 5.74) is -0.710. The van der Waals surface area contributed by atoms with Crippen molar-refractivity contribution < 1.29 is 33.4 Å². The number of ketones is 1. The van der Waals surface area contributed by atoms with Crippen molar-refractivity contribution in [3.63, 3.8) is 0 Å². The van der Waals surface area contributed by atoms with E-state index in [1.54, 1.807) is 20.8 Å². The van der Waals surface area contributed by atoms with Crippen LogP contribution in [0.1, 0.15) is 47.5 Å².